The molecule has 92 valence electrons. The number of hydrogen-bond acceptors (Lipinski definition) is 7. The van der Waals surface area contributed by atoms with Crippen LogP contribution < -0.4 is 0 Å². The van der Waals surface area contributed by atoms with Crippen LogP contribution in [-0.2, 0) is 14.2 Å². The van der Waals surface area contributed by atoms with Crippen LogP contribution in [0.5, 0.6) is 0 Å². The fourth-order valence-electron chi connectivity index (χ4n) is 0. The van der Waals surface area contributed by atoms with E-state index in [0.29, 0.717) is 0 Å². The number of phosphoric acid groups is 1. The topological polar surface area (TPSA) is 193 Å². The van der Waals surface area contributed by atoms with Gasteiger partial charge in [0.05, 0.1) is 0 Å². The molecule has 0 amide bonds. The van der Waals surface area contributed by atoms with Gasteiger partial charge in [0.15, 0.2) is 12.1 Å². The normalized spacial score (nSPS) is 9.67. The van der Waals surface area contributed by atoms with E-state index in [2.05, 4.69) is 0 Å². The smallest absolute Gasteiger partial charge is 0.345 e. The van der Waals surface area contributed by atoms with Gasteiger partial charge in [0.2, 0.25) is 16.8 Å². The van der Waals surface area contributed by atoms with Crippen molar-refractivity contribution in [1.29, 1.82) is 0 Å². The van der Waals surface area contributed by atoms with Crippen LogP contribution in [0.25, 0.3) is 0 Å². The summed E-state index contributed by atoms with van der Waals surface area (Å²) in [6, 6.07) is 0.185. The maximum Gasteiger partial charge on any atom is 0.466 e. The molecule has 10 nitrogen and oxygen atoms in total. The average molecular weight is 286 g/mol. The molecule has 0 atom stereocenters. The molecule has 0 radical (unpaired) electrons. The van der Waals surface area contributed by atoms with E-state index in [9.17, 15) is 0 Å². The molecular weight excluding hydrogens is 277 g/mol. The standard InChI is InChI=1S/2CH3O3P.H3O4P/c2*2-1-5(3)4;1-5(2,3)4/h2*1,3-4H;(H3,1,2,3,4). The van der Waals surface area contributed by atoms with Crippen LogP contribution in [0.3, 0.4) is 0 Å². The van der Waals surface area contributed by atoms with Crippen molar-refractivity contribution in [1.82, 2.24) is 0 Å². The zero-order valence-electron chi connectivity index (χ0n) is 6.85. The van der Waals surface area contributed by atoms with E-state index in [1.54, 1.807) is 0 Å². The van der Waals surface area contributed by atoms with Gasteiger partial charge in [-0.1, -0.05) is 0 Å². The Balaban J connectivity index is -0.000000144. The van der Waals surface area contributed by atoms with Gasteiger partial charge in [0.25, 0.3) is 0 Å². The summed E-state index contributed by atoms with van der Waals surface area (Å²) in [6.45, 7) is 0. The van der Waals surface area contributed by atoms with Gasteiger partial charge in [-0.05, 0) is 0 Å². The lowest BCUT2D eigenvalue weighted by Crippen LogP contribution is -1.66. The first-order chi connectivity index (χ1) is 6.54. The number of carbonyl (C=O) groups excluding carboxylic acids is 2. The molecule has 0 saturated carbocycles. The van der Waals surface area contributed by atoms with Crippen LogP contribution in [0, 0.1) is 0 Å². The summed E-state index contributed by atoms with van der Waals surface area (Å²) in [5.74, 6) is 0. The summed E-state index contributed by atoms with van der Waals surface area (Å²) in [6.07, 6.45) is 0. The monoisotopic (exact) mass is 286 g/mol. The lowest BCUT2D eigenvalue weighted by molar-refractivity contribution is 0.275. The number of rotatable bonds is 2. The van der Waals surface area contributed by atoms with Gasteiger partial charge < -0.3 is 34.3 Å². The molecule has 0 heterocycles. The Morgan fingerprint density at radius 1 is 0.800 bits per heavy atom. The van der Waals surface area contributed by atoms with Crippen molar-refractivity contribution in [3.05, 3.63) is 0 Å². The van der Waals surface area contributed by atoms with Gasteiger partial charge >= 0.3 is 7.82 Å². The third kappa shape index (κ3) is 121. The second-order valence-electron chi connectivity index (χ2n) is 1.36. The molecule has 0 aromatic carbocycles. The van der Waals surface area contributed by atoms with Crippen molar-refractivity contribution < 1.29 is 48.4 Å². The highest BCUT2D eigenvalue weighted by atomic mass is 31.2. The van der Waals surface area contributed by atoms with Gasteiger partial charge in [0, 0.05) is 0 Å². The van der Waals surface area contributed by atoms with Crippen LogP contribution in [0.15, 0.2) is 0 Å². The Hall–Kier alpha value is 0.150. The van der Waals surface area contributed by atoms with Crippen molar-refractivity contribution >= 4 is 36.6 Å². The minimum atomic E-state index is -4.64. The Morgan fingerprint density at radius 3 is 0.867 bits per heavy atom. The van der Waals surface area contributed by atoms with Crippen LogP contribution in [0.1, 0.15) is 0 Å². The van der Waals surface area contributed by atoms with Crippen molar-refractivity contribution in [2.45, 2.75) is 0 Å². The molecule has 0 aliphatic heterocycles. The molecule has 0 fully saturated rings. The largest absolute Gasteiger partial charge is 0.466 e. The molecule has 15 heavy (non-hydrogen) atoms. The molecule has 0 saturated heterocycles. The summed E-state index contributed by atoms with van der Waals surface area (Å²) < 4.78 is 8.88. The third-order valence-electron chi connectivity index (χ3n) is 0.189. The Morgan fingerprint density at radius 2 is 0.867 bits per heavy atom. The first-order valence-electron chi connectivity index (χ1n) is 2.57. The van der Waals surface area contributed by atoms with Gasteiger partial charge in [0.1, 0.15) is 0 Å². The Bertz CT molecular complexity index is 175. The van der Waals surface area contributed by atoms with Crippen molar-refractivity contribution in [3.63, 3.8) is 0 Å². The molecule has 0 aromatic heterocycles. The second kappa shape index (κ2) is 12.2. The van der Waals surface area contributed by atoms with Crippen molar-refractivity contribution in [2.24, 2.45) is 0 Å². The zero-order chi connectivity index (χ0) is 13.1. The molecule has 0 spiro atoms. The molecule has 0 unspecified atom stereocenters. The molecule has 0 aliphatic carbocycles. The summed E-state index contributed by atoms with van der Waals surface area (Å²) in [5, 5.41) is 0. The predicted octanol–water partition coefficient (Wildman–Crippen LogP) is -1.98. The van der Waals surface area contributed by atoms with Crippen LogP contribution in [0.4, 0.5) is 0 Å². The van der Waals surface area contributed by atoms with E-state index in [1.165, 1.54) is 0 Å². The Kier molecular flexibility index (Phi) is 16.7. The summed E-state index contributed by atoms with van der Waals surface area (Å²) in [4.78, 5) is 70.1. The highest BCUT2D eigenvalue weighted by Gasteiger charge is 2.00. The van der Waals surface area contributed by atoms with E-state index < -0.39 is 24.6 Å². The molecule has 0 aromatic rings. The van der Waals surface area contributed by atoms with E-state index in [4.69, 9.17) is 48.4 Å². The molecule has 0 bridgehead atoms. The average Bonchev–Trinajstić information content (AvgIpc) is 2.02. The minimum absolute atomic E-state index is 0.0926. The molecule has 0 aliphatic rings. The highest BCUT2D eigenvalue weighted by molar-refractivity contribution is 7.61. The molecule has 7 N–H and O–H groups in total. The van der Waals surface area contributed by atoms with E-state index >= 15 is 0 Å². The van der Waals surface area contributed by atoms with Crippen LogP contribution in [0.2, 0.25) is 0 Å². The first kappa shape index (κ1) is 20.5. The number of carbonyl (C=O) groups is 2. The SMILES string of the molecule is O=CP(O)O.O=CP(O)O.O=P(O)(O)O. The Labute approximate surface area is 85.9 Å². The molecular formula is C2H9O10P3. The fourth-order valence-corrected chi connectivity index (χ4v) is 0. The number of hydrogen-bond donors (Lipinski definition) is 7. The highest BCUT2D eigenvalue weighted by Crippen LogP contribution is 2.25. The quantitative estimate of drug-likeness (QED) is 0.221. The van der Waals surface area contributed by atoms with Gasteiger partial charge in [-0.15, -0.1) is 0 Å². The van der Waals surface area contributed by atoms with Crippen LogP contribution >= 0.6 is 24.6 Å². The summed E-state index contributed by atoms with van der Waals surface area (Å²) in [7, 11) is -9.20. The summed E-state index contributed by atoms with van der Waals surface area (Å²) >= 11 is 0. The fraction of sp³-hybridized carbons (Fsp3) is 0. The molecule has 13 heteroatoms. The van der Waals surface area contributed by atoms with Gasteiger partial charge in [-0.2, -0.15) is 0 Å². The predicted molar refractivity (Wildman–Crippen MR) is 50.5 cm³/mol. The maximum absolute atomic E-state index is 9.03. The lowest BCUT2D eigenvalue weighted by atomic mass is 11.8. The summed E-state index contributed by atoms with van der Waals surface area (Å²) in [5.41, 5.74) is 0. The van der Waals surface area contributed by atoms with Crippen molar-refractivity contribution in [3.8, 4) is 0 Å². The van der Waals surface area contributed by atoms with Gasteiger partial charge in [-0.25, -0.2) is 4.57 Å². The van der Waals surface area contributed by atoms with Crippen molar-refractivity contribution in [2.75, 3.05) is 0 Å². The maximum atomic E-state index is 9.03. The van der Waals surface area contributed by atoms with E-state index in [1.807, 2.05) is 0 Å². The minimum Gasteiger partial charge on any atom is -0.345 e. The molecule has 0 rings (SSSR count). The zero-order valence-corrected chi connectivity index (χ0v) is 9.53. The second-order valence-corrected chi connectivity index (χ2v) is 4.09. The van der Waals surface area contributed by atoms with Crippen LogP contribution in [-0.4, -0.2) is 46.3 Å². The van der Waals surface area contributed by atoms with E-state index in [0.717, 1.165) is 0 Å². The lowest BCUT2D eigenvalue weighted by Gasteiger charge is -1.82. The van der Waals surface area contributed by atoms with E-state index in [-0.39, 0.29) is 12.1 Å². The van der Waals surface area contributed by atoms with Gasteiger partial charge in [-0.3, -0.25) is 9.59 Å². The third-order valence-corrected chi connectivity index (χ3v) is 0.566. The first-order valence-corrected chi connectivity index (χ1v) is 6.77.